The van der Waals surface area contributed by atoms with Gasteiger partial charge in [-0.2, -0.15) is 8.42 Å². The molecule has 0 unspecified atom stereocenters. The van der Waals surface area contributed by atoms with Crippen LogP contribution < -0.4 is 9.61 Å². The summed E-state index contributed by atoms with van der Waals surface area (Å²) in [5.74, 6) is -0.217. The lowest BCUT2D eigenvalue weighted by Crippen LogP contribution is -2.21. The Morgan fingerprint density at radius 2 is 1.38 bits per heavy atom. The van der Waals surface area contributed by atoms with Crippen molar-refractivity contribution < 1.29 is 12.6 Å². The van der Waals surface area contributed by atoms with Crippen molar-refractivity contribution in [1.82, 2.24) is 4.90 Å². The Balaban J connectivity index is 0.000000412. The first-order valence-electron chi connectivity index (χ1n) is 8.66. The minimum Gasteiger partial charge on any atom is -0.375 e. The molecule has 0 aliphatic rings. The second-order valence-electron chi connectivity index (χ2n) is 5.61. The Kier molecular flexibility index (Phi) is 9.02. The summed E-state index contributed by atoms with van der Waals surface area (Å²) in [5.41, 5.74) is 0.454. The summed E-state index contributed by atoms with van der Waals surface area (Å²) in [6.07, 6.45) is 0. The molecule has 0 saturated heterocycles. The number of aryl methyl sites for hydroxylation is 1. The molecule has 0 spiro atoms. The van der Waals surface area contributed by atoms with E-state index in [4.69, 9.17) is 4.18 Å². The highest BCUT2D eigenvalue weighted by atomic mass is 32.2. The maximum absolute atomic E-state index is 12.0. The molecule has 0 aromatic heterocycles. The summed E-state index contributed by atoms with van der Waals surface area (Å²) in [5, 5.41) is 0. The van der Waals surface area contributed by atoms with Gasteiger partial charge in [0, 0.05) is 0 Å². The number of rotatable bonds is 6. The van der Waals surface area contributed by atoms with Gasteiger partial charge in [0.1, 0.15) is 4.90 Å². The van der Waals surface area contributed by atoms with Gasteiger partial charge in [0.15, 0.2) is 5.75 Å². The minimum absolute atomic E-state index is 0.0176. The standard InChI is InChI=1S/C14H12O4S.C6H15N/c1-11-7-9-12(10-8-11)19(16,17)18-14-6-4-2-3-5-13(14)15;1-4-7(5-2)6-3/h2-10H,1H3;4-6H2,1-3H3. The van der Waals surface area contributed by atoms with Crippen LogP contribution in [0.2, 0.25) is 0 Å². The molecule has 0 radical (unpaired) electrons. The van der Waals surface area contributed by atoms with Crippen LogP contribution >= 0.6 is 0 Å². The molecule has 0 heterocycles. The van der Waals surface area contributed by atoms with Crippen LogP contribution in [0.1, 0.15) is 26.3 Å². The molecule has 0 amide bonds. The minimum atomic E-state index is -3.98. The van der Waals surface area contributed by atoms with Crippen molar-refractivity contribution >= 4 is 10.1 Å². The lowest BCUT2D eigenvalue weighted by Gasteiger charge is -2.13. The molecular weight excluding hydrogens is 350 g/mol. The molecule has 2 aromatic carbocycles. The average molecular weight is 378 g/mol. The maximum Gasteiger partial charge on any atom is 0.339 e. The van der Waals surface area contributed by atoms with Gasteiger partial charge in [0.25, 0.3) is 0 Å². The highest BCUT2D eigenvalue weighted by Crippen LogP contribution is 2.15. The number of hydrogen-bond acceptors (Lipinski definition) is 5. The van der Waals surface area contributed by atoms with Gasteiger partial charge in [0.05, 0.1) is 0 Å². The lowest BCUT2D eigenvalue weighted by atomic mass is 10.2. The van der Waals surface area contributed by atoms with E-state index in [0.29, 0.717) is 0 Å². The molecule has 0 atom stereocenters. The summed E-state index contributed by atoms with van der Waals surface area (Å²) < 4.78 is 28.9. The van der Waals surface area contributed by atoms with Gasteiger partial charge in [-0.3, -0.25) is 4.79 Å². The normalized spacial score (nSPS) is 10.8. The molecule has 6 heteroatoms. The summed E-state index contributed by atoms with van der Waals surface area (Å²) in [6, 6.07) is 13.5. The van der Waals surface area contributed by atoms with Crippen molar-refractivity contribution in [3.8, 4) is 5.75 Å². The third-order valence-electron chi connectivity index (χ3n) is 3.81. The molecule has 2 aromatic rings. The Morgan fingerprint density at radius 3 is 1.88 bits per heavy atom. The molecule has 0 fully saturated rings. The third-order valence-corrected chi connectivity index (χ3v) is 5.06. The maximum atomic E-state index is 12.0. The first kappa shape index (κ1) is 21.9. The zero-order valence-corrected chi connectivity index (χ0v) is 16.6. The van der Waals surface area contributed by atoms with Crippen LogP contribution in [0, 0.1) is 6.92 Å². The zero-order chi connectivity index (χ0) is 19.6. The van der Waals surface area contributed by atoms with Crippen LogP contribution in [0.15, 0.2) is 64.3 Å². The first-order valence-corrected chi connectivity index (χ1v) is 10.1. The van der Waals surface area contributed by atoms with Crippen LogP contribution in [-0.2, 0) is 10.1 Å². The Morgan fingerprint density at radius 1 is 0.846 bits per heavy atom. The summed E-state index contributed by atoms with van der Waals surface area (Å²) in [6.45, 7) is 12.0. The van der Waals surface area contributed by atoms with Crippen LogP contribution in [0.4, 0.5) is 0 Å². The van der Waals surface area contributed by atoms with E-state index in [-0.39, 0.29) is 10.6 Å². The fourth-order valence-corrected chi connectivity index (χ4v) is 3.06. The second kappa shape index (κ2) is 10.7. The van der Waals surface area contributed by atoms with Gasteiger partial charge in [-0.15, -0.1) is 0 Å². The monoisotopic (exact) mass is 377 g/mol. The highest BCUT2D eigenvalue weighted by Gasteiger charge is 2.17. The average Bonchev–Trinajstić information content (AvgIpc) is 2.82. The van der Waals surface area contributed by atoms with Crippen molar-refractivity contribution in [2.24, 2.45) is 0 Å². The summed E-state index contributed by atoms with van der Waals surface area (Å²) >= 11 is 0. The van der Waals surface area contributed by atoms with Crippen molar-refractivity contribution in [2.45, 2.75) is 32.6 Å². The van der Waals surface area contributed by atoms with Crippen LogP contribution in [0.25, 0.3) is 0 Å². The Labute approximate surface area is 156 Å². The smallest absolute Gasteiger partial charge is 0.339 e. The van der Waals surface area contributed by atoms with E-state index < -0.39 is 15.5 Å². The molecule has 142 valence electrons. The van der Waals surface area contributed by atoms with E-state index in [9.17, 15) is 13.2 Å². The van der Waals surface area contributed by atoms with Crippen LogP contribution in [0.3, 0.4) is 0 Å². The molecule has 0 saturated carbocycles. The Hall–Kier alpha value is -2.18. The summed E-state index contributed by atoms with van der Waals surface area (Å²) in [7, 11) is -3.98. The predicted molar refractivity (Wildman–Crippen MR) is 105 cm³/mol. The third kappa shape index (κ3) is 6.98. The molecule has 5 nitrogen and oxygen atoms in total. The predicted octanol–water partition coefficient (Wildman–Crippen LogP) is 3.47. The fraction of sp³-hybridized carbons (Fsp3) is 0.350. The van der Waals surface area contributed by atoms with Gasteiger partial charge in [-0.1, -0.05) is 56.7 Å². The van der Waals surface area contributed by atoms with Gasteiger partial charge in [0.2, 0.25) is 5.43 Å². The quantitative estimate of drug-likeness (QED) is 0.721. The van der Waals surface area contributed by atoms with E-state index in [0.717, 1.165) is 5.56 Å². The van der Waals surface area contributed by atoms with E-state index in [1.165, 1.54) is 50.0 Å². The van der Waals surface area contributed by atoms with Gasteiger partial charge >= 0.3 is 10.1 Å². The molecule has 0 aliphatic heterocycles. The van der Waals surface area contributed by atoms with Gasteiger partial charge in [-0.25, -0.2) is 0 Å². The summed E-state index contributed by atoms with van der Waals surface area (Å²) in [4.78, 5) is 14.0. The molecular formula is C20H27NO4S. The van der Waals surface area contributed by atoms with Crippen molar-refractivity contribution in [1.29, 1.82) is 0 Å². The molecule has 0 aliphatic carbocycles. The van der Waals surface area contributed by atoms with Gasteiger partial charge in [-0.05, 0) is 50.8 Å². The number of benzene rings is 1. The van der Waals surface area contributed by atoms with Crippen molar-refractivity contribution in [2.75, 3.05) is 19.6 Å². The first-order chi connectivity index (χ1) is 12.3. The SMILES string of the molecule is CCN(CC)CC.Cc1ccc(S(=O)(=O)Oc2cccccc2=O)cc1. The zero-order valence-electron chi connectivity index (χ0n) is 15.8. The number of nitrogens with zero attached hydrogens (tertiary/aromatic N) is 1. The van der Waals surface area contributed by atoms with E-state index in [2.05, 4.69) is 25.7 Å². The lowest BCUT2D eigenvalue weighted by molar-refractivity contribution is 0.321. The second-order valence-corrected chi connectivity index (χ2v) is 7.16. The molecule has 2 rings (SSSR count). The topological polar surface area (TPSA) is 63.7 Å². The fourth-order valence-electron chi connectivity index (χ4n) is 2.13. The molecule has 0 N–H and O–H groups in total. The van der Waals surface area contributed by atoms with Crippen molar-refractivity contribution in [3.05, 3.63) is 70.4 Å². The van der Waals surface area contributed by atoms with E-state index in [1.54, 1.807) is 24.3 Å². The van der Waals surface area contributed by atoms with E-state index in [1.807, 2.05) is 6.92 Å². The Bertz CT molecular complexity index is 823. The van der Waals surface area contributed by atoms with Crippen molar-refractivity contribution in [3.63, 3.8) is 0 Å². The molecule has 26 heavy (non-hydrogen) atoms. The van der Waals surface area contributed by atoms with Crippen LogP contribution in [-0.4, -0.2) is 33.0 Å². The highest BCUT2D eigenvalue weighted by molar-refractivity contribution is 7.87. The van der Waals surface area contributed by atoms with E-state index >= 15 is 0 Å². The number of hydrogen-bond donors (Lipinski definition) is 0. The largest absolute Gasteiger partial charge is 0.375 e. The molecule has 0 bridgehead atoms. The van der Waals surface area contributed by atoms with Crippen LogP contribution in [0.5, 0.6) is 5.75 Å². The van der Waals surface area contributed by atoms with Gasteiger partial charge < -0.3 is 9.08 Å².